The summed E-state index contributed by atoms with van der Waals surface area (Å²) in [6, 6.07) is 13.8. The standard InChI is InChI=1S/C19H20ClN3O3/c1-13(24)23(2)12-14-6-5-7-15(10-14)22-18(25)11-21-19(26)16-8-3-4-9-17(16)20/h3-10H,11-12H2,1-2H3,(H,21,26)(H,22,25). The van der Waals surface area contributed by atoms with Crippen molar-refractivity contribution in [2.75, 3.05) is 18.9 Å². The van der Waals surface area contributed by atoms with Crippen LogP contribution in [0.5, 0.6) is 0 Å². The molecule has 0 saturated heterocycles. The van der Waals surface area contributed by atoms with Crippen LogP contribution >= 0.6 is 11.6 Å². The Morgan fingerprint density at radius 1 is 1.08 bits per heavy atom. The molecule has 0 spiro atoms. The third-order valence-electron chi connectivity index (χ3n) is 3.70. The Balaban J connectivity index is 1.91. The summed E-state index contributed by atoms with van der Waals surface area (Å²) in [4.78, 5) is 37.0. The second kappa shape index (κ2) is 9.01. The highest BCUT2D eigenvalue weighted by atomic mass is 35.5. The van der Waals surface area contributed by atoms with Crippen LogP contribution in [0.1, 0.15) is 22.8 Å². The van der Waals surface area contributed by atoms with E-state index in [1.54, 1.807) is 54.4 Å². The van der Waals surface area contributed by atoms with Crippen LogP contribution in [-0.4, -0.2) is 36.2 Å². The summed E-state index contributed by atoms with van der Waals surface area (Å²) in [5.41, 5.74) is 1.80. The molecule has 0 aromatic heterocycles. The molecule has 0 bridgehead atoms. The minimum Gasteiger partial charge on any atom is -0.343 e. The topological polar surface area (TPSA) is 78.5 Å². The number of amides is 3. The largest absolute Gasteiger partial charge is 0.343 e. The SMILES string of the molecule is CC(=O)N(C)Cc1cccc(NC(=O)CNC(=O)c2ccccc2Cl)c1. The van der Waals surface area contributed by atoms with Gasteiger partial charge in [-0.3, -0.25) is 14.4 Å². The minimum absolute atomic E-state index is 0.0401. The summed E-state index contributed by atoms with van der Waals surface area (Å²) in [5, 5.41) is 5.58. The predicted octanol–water partition coefficient (Wildman–Crippen LogP) is 2.69. The van der Waals surface area contributed by atoms with Crippen LogP contribution in [0.4, 0.5) is 5.69 Å². The maximum absolute atomic E-state index is 12.1. The molecule has 0 heterocycles. The first-order valence-electron chi connectivity index (χ1n) is 8.00. The molecule has 6 nitrogen and oxygen atoms in total. The zero-order valence-electron chi connectivity index (χ0n) is 14.6. The number of hydrogen-bond acceptors (Lipinski definition) is 3. The first-order chi connectivity index (χ1) is 12.4. The fourth-order valence-electron chi connectivity index (χ4n) is 2.24. The molecule has 0 unspecified atom stereocenters. The molecular formula is C19H20ClN3O3. The maximum Gasteiger partial charge on any atom is 0.253 e. The van der Waals surface area contributed by atoms with Crippen LogP contribution in [0.2, 0.25) is 5.02 Å². The molecule has 26 heavy (non-hydrogen) atoms. The molecule has 0 aliphatic rings. The molecule has 7 heteroatoms. The normalized spacial score (nSPS) is 10.1. The van der Waals surface area contributed by atoms with Gasteiger partial charge in [0.25, 0.3) is 5.91 Å². The van der Waals surface area contributed by atoms with Gasteiger partial charge in [0.1, 0.15) is 0 Å². The summed E-state index contributed by atoms with van der Waals surface area (Å²) in [6.07, 6.45) is 0. The first-order valence-corrected chi connectivity index (χ1v) is 8.38. The van der Waals surface area contributed by atoms with E-state index in [1.165, 1.54) is 6.92 Å². The van der Waals surface area contributed by atoms with Crippen molar-refractivity contribution in [3.8, 4) is 0 Å². The average molecular weight is 374 g/mol. The molecule has 0 aliphatic heterocycles. The Kier molecular flexibility index (Phi) is 6.74. The van der Waals surface area contributed by atoms with Crippen molar-refractivity contribution in [3.63, 3.8) is 0 Å². The third-order valence-corrected chi connectivity index (χ3v) is 4.03. The van der Waals surface area contributed by atoms with Gasteiger partial charge >= 0.3 is 0 Å². The molecular weight excluding hydrogens is 354 g/mol. The van der Waals surface area contributed by atoms with Gasteiger partial charge in [-0.05, 0) is 29.8 Å². The average Bonchev–Trinajstić information content (AvgIpc) is 2.60. The Bertz CT molecular complexity index is 823. The molecule has 0 aliphatic carbocycles. The number of benzene rings is 2. The van der Waals surface area contributed by atoms with E-state index >= 15 is 0 Å². The van der Waals surface area contributed by atoms with E-state index < -0.39 is 5.91 Å². The summed E-state index contributed by atoms with van der Waals surface area (Å²) in [7, 11) is 1.71. The summed E-state index contributed by atoms with van der Waals surface area (Å²) in [6.45, 7) is 1.76. The van der Waals surface area contributed by atoms with Crippen molar-refractivity contribution in [1.82, 2.24) is 10.2 Å². The number of rotatable bonds is 6. The number of hydrogen-bond donors (Lipinski definition) is 2. The van der Waals surface area contributed by atoms with Crippen LogP contribution in [0, 0.1) is 0 Å². The van der Waals surface area contributed by atoms with Gasteiger partial charge in [-0.25, -0.2) is 0 Å². The van der Waals surface area contributed by atoms with E-state index in [-0.39, 0.29) is 18.4 Å². The number of nitrogens with one attached hydrogen (secondary N) is 2. The molecule has 2 rings (SSSR count). The lowest BCUT2D eigenvalue weighted by molar-refractivity contribution is -0.128. The van der Waals surface area contributed by atoms with E-state index in [4.69, 9.17) is 11.6 Å². The zero-order valence-corrected chi connectivity index (χ0v) is 15.3. The summed E-state index contributed by atoms with van der Waals surface area (Å²) < 4.78 is 0. The van der Waals surface area contributed by atoms with Gasteiger partial charge < -0.3 is 15.5 Å². The van der Waals surface area contributed by atoms with Gasteiger partial charge in [-0.15, -0.1) is 0 Å². The van der Waals surface area contributed by atoms with Gasteiger partial charge in [0, 0.05) is 26.2 Å². The Morgan fingerprint density at radius 3 is 2.50 bits per heavy atom. The van der Waals surface area contributed by atoms with Crippen molar-refractivity contribution in [2.24, 2.45) is 0 Å². The summed E-state index contributed by atoms with van der Waals surface area (Å²) in [5.74, 6) is -0.813. The van der Waals surface area contributed by atoms with E-state index in [0.29, 0.717) is 22.8 Å². The smallest absolute Gasteiger partial charge is 0.253 e. The lowest BCUT2D eigenvalue weighted by Crippen LogP contribution is -2.33. The Morgan fingerprint density at radius 2 is 1.81 bits per heavy atom. The fraction of sp³-hybridized carbons (Fsp3) is 0.211. The molecule has 0 fully saturated rings. The fourth-order valence-corrected chi connectivity index (χ4v) is 2.46. The van der Waals surface area contributed by atoms with Gasteiger partial charge in [-0.2, -0.15) is 0 Å². The van der Waals surface area contributed by atoms with Crippen LogP contribution < -0.4 is 10.6 Å². The Hall–Kier alpha value is -2.86. The number of nitrogens with zero attached hydrogens (tertiary/aromatic N) is 1. The Labute approximate surface area is 157 Å². The van der Waals surface area contributed by atoms with Crippen LogP contribution in [0.25, 0.3) is 0 Å². The molecule has 2 aromatic rings. The molecule has 3 amide bonds. The number of halogens is 1. The maximum atomic E-state index is 12.1. The van der Waals surface area contributed by atoms with Gasteiger partial charge in [0.2, 0.25) is 11.8 Å². The van der Waals surface area contributed by atoms with Gasteiger partial charge in [-0.1, -0.05) is 35.9 Å². The summed E-state index contributed by atoms with van der Waals surface area (Å²) >= 11 is 5.96. The third kappa shape index (κ3) is 5.60. The number of anilines is 1. The van der Waals surface area contributed by atoms with Crippen molar-refractivity contribution < 1.29 is 14.4 Å². The van der Waals surface area contributed by atoms with Crippen LogP contribution in [0.3, 0.4) is 0 Å². The van der Waals surface area contributed by atoms with Crippen molar-refractivity contribution in [3.05, 3.63) is 64.7 Å². The highest BCUT2D eigenvalue weighted by molar-refractivity contribution is 6.33. The van der Waals surface area contributed by atoms with Crippen molar-refractivity contribution >= 4 is 35.0 Å². The second-order valence-corrected chi connectivity index (χ2v) is 6.19. The second-order valence-electron chi connectivity index (χ2n) is 5.79. The van der Waals surface area contributed by atoms with Crippen molar-refractivity contribution in [2.45, 2.75) is 13.5 Å². The molecule has 2 N–H and O–H groups in total. The van der Waals surface area contributed by atoms with E-state index in [1.807, 2.05) is 6.07 Å². The monoisotopic (exact) mass is 373 g/mol. The predicted molar refractivity (Wildman–Crippen MR) is 101 cm³/mol. The number of carbonyl (C=O) groups is 3. The zero-order chi connectivity index (χ0) is 19.1. The van der Waals surface area contributed by atoms with Crippen molar-refractivity contribution in [1.29, 1.82) is 0 Å². The van der Waals surface area contributed by atoms with E-state index in [9.17, 15) is 14.4 Å². The highest BCUT2D eigenvalue weighted by Crippen LogP contribution is 2.15. The number of carbonyl (C=O) groups excluding carboxylic acids is 3. The highest BCUT2D eigenvalue weighted by Gasteiger charge is 2.11. The minimum atomic E-state index is -0.414. The molecule has 0 radical (unpaired) electrons. The molecule has 0 saturated carbocycles. The molecule has 0 atom stereocenters. The van der Waals surface area contributed by atoms with E-state index in [2.05, 4.69) is 10.6 Å². The quantitative estimate of drug-likeness (QED) is 0.817. The van der Waals surface area contributed by atoms with E-state index in [0.717, 1.165) is 5.56 Å². The first kappa shape index (κ1) is 19.5. The lowest BCUT2D eigenvalue weighted by Gasteiger charge is -2.15. The van der Waals surface area contributed by atoms with Gasteiger partial charge in [0.05, 0.1) is 17.1 Å². The molecule has 136 valence electrons. The van der Waals surface area contributed by atoms with Crippen LogP contribution in [-0.2, 0) is 16.1 Å². The lowest BCUT2D eigenvalue weighted by atomic mass is 10.2. The van der Waals surface area contributed by atoms with Crippen LogP contribution in [0.15, 0.2) is 48.5 Å². The van der Waals surface area contributed by atoms with Gasteiger partial charge in [0.15, 0.2) is 0 Å². The molecule has 2 aromatic carbocycles.